The third-order valence-corrected chi connectivity index (χ3v) is 6.68. The van der Waals surface area contributed by atoms with Crippen molar-refractivity contribution >= 4 is 27.5 Å². The number of carbonyl (C=O) groups excluding carboxylic acids is 1. The lowest BCUT2D eigenvalue weighted by molar-refractivity contribution is -0.142. The predicted molar refractivity (Wildman–Crippen MR) is 94.3 cm³/mol. The maximum absolute atomic E-state index is 12.4. The summed E-state index contributed by atoms with van der Waals surface area (Å²) in [5.41, 5.74) is 0.243. The Morgan fingerprint density at radius 3 is 2.28 bits per heavy atom. The fourth-order valence-electron chi connectivity index (χ4n) is 2.90. The van der Waals surface area contributed by atoms with Gasteiger partial charge in [0.05, 0.1) is 21.8 Å². The van der Waals surface area contributed by atoms with Crippen LogP contribution in [0, 0.1) is 5.92 Å². The van der Waals surface area contributed by atoms with E-state index in [9.17, 15) is 18.0 Å². The maximum atomic E-state index is 12.4. The molecule has 3 N–H and O–H groups in total. The molecule has 138 valence electrons. The van der Waals surface area contributed by atoms with Gasteiger partial charge in [-0.25, -0.2) is 13.2 Å². The van der Waals surface area contributed by atoms with Crippen molar-refractivity contribution in [2.75, 3.05) is 5.32 Å². The van der Waals surface area contributed by atoms with E-state index in [0.717, 1.165) is 0 Å². The summed E-state index contributed by atoms with van der Waals surface area (Å²) in [6, 6.07) is 5.72. The van der Waals surface area contributed by atoms with Gasteiger partial charge >= 0.3 is 12.0 Å². The largest absolute Gasteiger partial charge is 0.481 e. The molecular weight excluding hydrogens is 344 g/mol. The highest BCUT2D eigenvalue weighted by Crippen LogP contribution is 2.26. The second-order valence-electron chi connectivity index (χ2n) is 6.58. The molecule has 0 radical (unpaired) electrons. The molecule has 0 aromatic heterocycles. The number of carboxylic acids is 1. The number of benzene rings is 1. The number of hydrogen-bond donors (Lipinski definition) is 3. The van der Waals surface area contributed by atoms with Crippen LogP contribution >= 0.6 is 0 Å². The summed E-state index contributed by atoms with van der Waals surface area (Å²) in [7, 11) is -3.51. The smallest absolute Gasteiger partial charge is 0.319 e. The minimum atomic E-state index is -3.51. The van der Waals surface area contributed by atoms with Crippen LogP contribution in [0.3, 0.4) is 0 Å². The summed E-state index contributed by atoms with van der Waals surface area (Å²) in [4.78, 5) is 23.3. The molecule has 1 aromatic rings. The van der Waals surface area contributed by atoms with E-state index in [4.69, 9.17) is 5.11 Å². The molecule has 0 atom stereocenters. The van der Waals surface area contributed by atoms with Gasteiger partial charge in [0.15, 0.2) is 9.84 Å². The van der Waals surface area contributed by atoms with E-state index in [-0.39, 0.29) is 22.5 Å². The van der Waals surface area contributed by atoms with Crippen LogP contribution in [-0.2, 0) is 14.6 Å². The highest BCUT2D eigenvalue weighted by molar-refractivity contribution is 7.92. The third kappa shape index (κ3) is 4.72. The minimum Gasteiger partial charge on any atom is -0.481 e. The van der Waals surface area contributed by atoms with Crippen molar-refractivity contribution < 1.29 is 23.1 Å². The van der Waals surface area contributed by atoms with Crippen molar-refractivity contribution in [1.82, 2.24) is 5.32 Å². The summed E-state index contributed by atoms with van der Waals surface area (Å²) in [5, 5.41) is 13.8. The second-order valence-corrected chi connectivity index (χ2v) is 9.05. The van der Waals surface area contributed by atoms with Gasteiger partial charge in [0.1, 0.15) is 0 Å². The Bertz CT molecular complexity index is 737. The van der Waals surface area contributed by atoms with E-state index in [1.165, 1.54) is 6.07 Å². The van der Waals surface area contributed by atoms with Crippen LogP contribution in [0.4, 0.5) is 10.5 Å². The summed E-state index contributed by atoms with van der Waals surface area (Å²) in [6.07, 6.45) is 2.24. The van der Waals surface area contributed by atoms with Crippen LogP contribution in [0.25, 0.3) is 0 Å². The maximum Gasteiger partial charge on any atom is 0.319 e. The van der Waals surface area contributed by atoms with Crippen LogP contribution in [0.5, 0.6) is 0 Å². The number of carbonyl (C=O) groups is 2. The number of urea groups is 1. The number of anilines is 1. The van der Waals surface area contributed by atoms with E-state index in [1.807, 2.05) is 0 Å². The minimum absolute atomic E-state index is 0.0923. The Morgan fingerprint density at radius 2 is 1.72 bits per heavy atom. The standard InChI is InChI=1S/C17H24N2O5S/c1-11(2)25(23,24)15-6-4-3-5-14(15)19-17(22)18-13-9-7-12(8-10-13)16(20)21/h3-6,11-13H,7-10H2,1-2H3,(H,20,21)(H2,18,19,22). The molecule has 2 rings (SSSR count). The number of nitrogens with one attached hydrogen (secondary N) is 2. The van der Waals surface area contributed by atoms with E-state index >= 15 is 0 Å². The average Bonchev–Trinajstić information content (AvgIpc) is 2.55. The van der Waals surface area contributed by atoms with Crippen molar-refractivity contribution in [2.24, 2.45) is 5.92 Å². The molecule has 0 saturated heterocycles. The zero-order chi connectivity index (χ0) is 18.6. The van der Waals surface area contributed by atoms with Gasteiger partial charge in [-0.15, -0.1) is 0 Å². The Hall–Kier alpha value is -2.09. The number of rotatable bonds is 5. The van der Waals surface area contributed by atoms with E-state index in [1.54, 1.807) is 32.0 Å². The third-order valence-electron chi connectivity index (χ3n) is 4.47. The van der Waals surface area contributed by atoms with Crippen LogP contribution in [0.15, 0.2) is 29.2 Å². The molecule has 2 amide bonds. The van der Waals surface area contributed by atoms with Gasteiger partial charge in [-0.1, -0.05) is 12.1 Å². The van der Waals surface area contributed by atoms with E-state index in [2.05, 4.69) is 10.6 Å². The number of aliphatic carboxylic acids is 1. The van der Waals surface area contributed by atoms with Crippen molar-refractivity contribution in [1.29, 1.82) is 0 Å². The number of carboxylic acid groups (broad SMARTS) is 1. The number of amides is 2. The predicted octanol–water partition coefficient (Wildman–Crippen LogP) is 2.63. The molecule has 1 fully saturated rings. The molecule has 0 aliphatic heterocycles. The first-order valence-electron chi connectivity index (χ1n) is 8.35. The monoisotopic (exact) mass is 368 g/mol. The van der Waals surface area contributed by atoms with E-state index < -0.39 is 27.1 Å². The van der Waals surface area contributed by atoms with Crippen LogP contribution in [0.2, 0.25) is 0 Å². The van der Waals surface area contributed by atoms with Crippen molar-refractivity contribution in [3.05, 3.63) is 24.3 Å². The highest BCUT2D eigenvalue weighted by Gasteiger charge is 2.27. The molecule has 1 aromatic carbocycles. The normalized spacial score (nSPS) is 20.9. The van der Waals surface area contributed by atoms with Gasteiger partial charge < -0.3 is 15.7 Å². The summed E-state index contributed by atoms with van der Waals surface area (Å²) < 4.78 is 24.8. The molecule has 0 heterocycles. The van der Waals surface area contributed by atoms with Gasteiger partial charge in [-0.05, 0) is 51.7 Å². The molecule has 8 heteroatoms. The topological polar surface area (TPSA) is 113 Å². The molecule has 25 heavy (non-hydrogen) atoms. The van der Waals surface area contributed by atoms with E-state index in [0.29, 0.717) is 25.7 Å². The number of para-hydroxylation sites is 1. The first kappa shape index (κ1) is 19.2. The van der Waals surface area contributed by atoms with Crippen LogP contribution in [-0.4, -0.2) is 36.8 Å². The van der Waals surface area contributed by atoms with Crippen molar-refractivity contribution in [2.45, 2.75) is 55.7 Å². The quantitative estimate of drug-likeness (QED) is 0.739. The highest BCUT2D eigenvalue weighted by atomic mass is 32.2. The Labute approximate surface area is 147 Å². The fraction of sp³-hybridized carbons (Fsp3) is 0.529. The van der Waals surface area contributed by atoms with Crippen LogP contribution in [0.1, 0.15) is 39.5 Å². The lowest BCUT2D eigenvalue weighted by atomic mass is 9.86. The lowest BCUT2D eigenvalue weighted by Gasteiger charge is -2.27. The fourth-order valence-corrected chi connectivity index (χ4v) is 4.10. The SMILES string of the molecule is CC(C)S(=O)(=O)c1ccccc1NC(=O)NC1CCC(C(=O)O)CC1. The number of sulfone groups is 1. The Morgan fingerprint density at radius 1 is 1.12 bits per heavy atom. The zero-order valence-corrected chi connectivity index (χ0v) is 15.2. The molecule has 0 spiro atoms. The molecule has 1 saturated carbocycles. The number of hydrogen-bond acceptors (Lipinski definition) is 4. The molecule has 1 aliphatic carbocycles. The van der Waals surface area contributed by atoms with Gasteiger partial charge in [-0.3, -0.25) is 4.79 Å². The lowest BCUT2D eigenvalue weighted by Crippen LogP contribution is -2.41. The van der Waals surface area contributed by atoms with Gasteiger partial charge in [0.2, 0.25) is 0 Å². The van der Waals surface area contributed by atoms with Gasteiger partial charge in [-0.2, -0.15) is 0 Å². The zero-order valence-electron chi connectivity index (χ0n) is 14.4. The Balaban J connectivity index is 2.02. The van der Waals surface area contributed by atoms with Crippen molar-refractivity contribution in [3.8, 4) is 0 Å². The summed E-state index contributed by atoms with van der Waals surface area (Å²) in [6.45, 7) is 3.18. The van der Waals surface area contributed by atoms with Crippen molar-refractivity contribution in [3.63, 3.8) is 0 Å². The van der Waals surface area contributed by atoms with Gasteiger partial charge in [0.25, 0.3) is 0 Å². The summed E-state index contributed by atoms with van der Waals surface area (Å²) >= 11 is 0. The summed E-state index contributed by atoms with van der Waals surface area (Å²) in [5.74, 6) is -1.14. The Kier molecular flexibility index (Phi) is 6.05. The molecule has 0 unspecified atom stereocenters. The first-order valence-corrected chi connectivity index (χ1v) is 9.89. The molecular formula is C17H24N2O5S. The van der Waals surface area contributed by atoms with Crippen LogP contribution < -0.4 is 10.6 Å². The average molecular weight is 368 g/mol. The molecule has 1 aliphatic rings. The molecule has 7 nitrogen and oxygen atoms in total. The van der Waals surface area contributed by atoms with Gasteiger partial charge in [0, 0.05) is 6.04 Å². The molecule has 0 bridgehead atoms. The first-order chi connectivity index (χ1) is 11.7. The second kappa shape index (κ2) is 7.86.